The summed E-state index contributed by atoms with van der Waals surface area (Å²) in [6, 6.07) is 11.3. The molecule has 7 fully saturated rings. The second kappa shape index (κ2) is 10.9. The van der Waals surface area contributed by atoms with Crippen LogP contribution in [-0.2, 0) is 20.7 Å². The number of rotatable bonds is 7. The number of ether oxygens (including phenoxy) is 1. The Morgan fingerprint density at radius 2 is 1.58 bits per heavy atom. The number of amides is 1. The van der Waals surface area contributed by atoms with E-state index < -0.39 is 0 Å². The highest BCUT2D eigenvalue weighted by Crippen LogP contribution is 2.78. The molecule has 9 atom stereocenters. The van der Waals surface area contributed by atoms with Crippen molar-refractivity contribution in [3.8, 4) is 0 Å². The number of benzene rings is 1. The Bertz CT molecular complexity index is 1200. The molecule has 0 saturated heterocycles. The van der Waals surface area contributed by atoms with Crippen molar-refractivity contribution in [2.45, 2.75) is 128 Å². The Hall–Kier alpha value is -1.84. The maximum Gasteiger partial charge on any atom is 0.312 e. The monoisotopic (exact) mass is 585 g/mol. The van der Waals surface area contributed by atoms with Crippen LogP contribution >= 0.6 is 0 Å². The van der Waals surface area contributed by atoms with Crippen LogP contribution in [-0.4, -0.2) is 36.5 Å². The highest BCUT2D eigenvalue weighted by Gasteiger charge is 2.71. The van der Waals surface area contributed by atoms with Gasteiger partial charge >= 0.3 is 5.97 Å². The van der Waals surface area contributed by atoms with Crippen molar-refractivity contribution in [1.82, 2.24) is 4.90 Å². The summed E-state index contributed by atoms with van der Waals surface area (Å²) in [5.41, 5.74) is 1.88. The maximum atomic E-state index is 14.6. The quantitative estimate of drug-likeness (QED) is 0.302. The van der Waals surface area contributed by atoms with Gasteiger partial charge in [-0.2, -0.15) is 0 Å². The number of esters is 1. The summed E-state index contributed by atoms with van der Waals surface area (Å²) in [5.74, 6) is 4.38. The van der Waals surface area contributed by atoms with Gasteiger partial charge in [0.2, 0.25) is 5.91 Å². The molecule has 4 heteroatoms. The molecule has 1 aromatic rings. The Morgan fingerprint density at radius 1 is 0.814 bits per heavy atom. The van der Waals surface area contributed by atoms with Crippen LogP contribution in [0, 0.1) is 51.8 Å². The molecule has 0 aliphatic heterocycles. The van der Waals surface area contributed by atoms with Gasteiger partial charge in [0, 0.05) is 18.5 Å². The second-order valence-corrected chi connectivity index (χ2v) is 16.9. The van der Waals surface area contributed by atoms with E-state index in [-0.39, 0.29) is 17.3 Å². The zero-order valence-corrected chi connectivity index (χ0v) is 26.7. The lowest BCUT2D eigenvalue weighted by molar-refractivity contribution is -0.156. The van der Waals surface area contributed by atoms with Gasteiger partial charge < -0.3 is 9.64 Å². The first kappa shape index (κ1) is 28.6. The molecule has 43 heavy (non-hydrogen) atoms. The lowest BCUT2D eigenvalue weighted by Crippen LogP contribution is -2.48. The van der Waals surface area contributed by atoms with E-state index in [1.165, 1.54) is 95.5 Å². The fourth-order valence-electron chi connectivity index (χ4n) is 13.5. The number of carbonyl (C=O) groups is 2. The SMILES string of the molecule is COC(=O)C12CCCC3CC1CC(C14CC5CC(C(=O)N(CCc6ccccc6)C6CCCCC6)CC(C1)C(C5)C4)(C3)C2. The third-order valence-corrected chi connectivity index (χ3v) is 14.9. The minimum Gasteiger partial charge on any atom is -0.469 e. The standard InChI is InChI=1S/C39H55NO3/c1-43-36(42)39-15-8-11-28-19-33(39)25-38(21-28,26-39)37-22-29-17-30(20-32(24-37)31(18-29)23-37)35(41)40(34-12-6-3-7-13-34)16-14-27-9-4-2-5-10-27/h2,4-5,9-10,28-34H,3,6-8,11-26H2,1H3. The van der Waals surface area contributed by atoms with Gasteiger partial charge in [0.1, 0.15) is 0 Å². The van der Waals surface area contributed by atoms with Crippen LogP contribution in [0.15, 0.2) is 30.3 Å². The summed E-state index contributed by atoms with van der Waals surface area (Å²) >= 11 is 0. The van der Waals surface area contributed by atoms with Crippen LogP contribution in [0.4, 0.5) is 0 Å². The summed E-state index contributed by atoms with van der Waals surface area (Å²) in [6.07, 6.45) is 23.5. The highest BCUT2D eigenvalue weighted by atomic mass is 16.5. The molecular formula is C39H55NO3. The fraction of sp³-hybridized carbons (Fsp3) is 0.795. The summed E-state index contributed by atoms with van der Waals surface area (Å²) in [4.78, 5) is 30.5. The minimum absolute atomic E-state index is 0.118. The predicted molar refractivity (Wildman–Crippen MR) is 169 cm³/mol. The van der Waals surface area contributed by atoms with Gasteiger partial charge in [-0.05, 0) is 136 Å². The second-order valence-electron chi connectivity index (χ2n) is 16.9. The van der Waals surface area contributed by atoms with E-state index in [9.17, 15) is 9.59 Å². The van der Waals surface area contributed by atoms with Crippen LogP contribution in [0.5, 0.6) is 0 Å². The number of nitrogens with zero attached hydrogens (tertiary/aromatic N) is 1. The average molecular weight is 586 g/mol. The Labute approximate surface area is 260 Å². The molecule has 0 spiro atoms. The van der Waals surface area contributed by atoms with Crippen molar-refractivity contribution in [2.24, 2.45) is 51.8 Å². The van der Waals surface area contributed by atoms with Crippen molar-refractivity contribution in [2.75, 3.05) is 13.7 Å². The van der Waals surface area contributed by atoms with Crippen LogP contribution in [0.1, 0.15) is 121 Å². The van der Waals surface area contributed by atoms with Gasteiger partial charge in [0.05, 0.1) is 12.5 Å². The smallest absolute Gasteiger partial charge is 0.312 e. The first-order chi connectivity index (χ1) is 20.9. The molecule has 1 amide bonds. The van der Waals surface area contributed by atoms with Gasteiger partial charge in [-0.15, -0.1) is 0 Å². The molecule has 9 unspecified atom stereocenters. The van der Waals surface area contributed by atoms with Gasteiger partial charge in [-0.1, -0.05) is 62.4 Å². The molecule has 4 nitrogen and oxygen atoms in total. The molecule has 7 saturated carbocycles. The number of hydrogen-bond donors (Lipinski definition) is 0. The Morgan fingerprint density at radius 3 is 2.37 bits per heavy atom. The topological polar surface area (TPSA) is 46.6 Å². The molecule has 7 aliphatic rings. The minimum atomic E-state index is -0.211. The summed E-state index contributed by atoms with van der Waals surface area (Å²) in [5, 5.41) is 0. The van der Waals surface area contributed by atoms with E-state index in [2.05, 4.69) is 35.2 Å². The van der Waals surface area contributed by atoms with Crippen molar-refractivity contribution in [3.63, 3.8) is 0 Å². The lowest BCUT2D eigenvalue weighted by atomic mass is 9.50. The van der Waals surface area contributed by atoms with E-state index in [1.54, 1.807) is 7.11 Å². The highest BCUT2D eigenvalue weighted by molar-refractivity contribution is 5.79. The molecule has 234 valence electrons. The fourth-order valence-corrected chi connectivity index (χ4v) is 13.5. The number of carbonyl (C=O) groups excluding carboxylic acids is 2. The zero-order chi connectivity index (χ0) is 29.2. The lowest BCUT2D eigenvalue weighted by Gasteiger charge is -2.55. The first-order valence-electron chi connectivity index (χ1n) is 18.4. The van der Waals surface area contributed by atoms with E-state index in [1.807, 2.05) is 0 Å². The molecule has 1 aromatic carbocycles. The number of methoxy groups -OCH3 is 1. The molecule has 7 aliphatic carbocycles. The third-order valence-electron chi connectivity index (χ3n) is 14.9. The maximum absolute atomic E-state index is 14.6. The van der Waals surface area contributed by atoms with E-state index in [4.69, 9.17) is 4.74 Å². The van der Waals surface area contributed by atoms with Crippen molar-refractivity contribution in [3.05, 3.63) is 35.9 Å². The Kier molecular flexibility index (Phi) is 7.26. The largest absolute Gasteiger partial charge is 0.469 e. The van der Waals surface area contributed by atoms with Crippen molar-refractivity contribution in [1.29, 1.82) is 0 Å². The normalized spacial score (nSPS) is 43.3. The molecule has 0 heterocycles. The molecule has 6 bridgehead atoms. The predicted octanol–water partition coefficient (Wildman–Crippen LogP) is 8.37. The average Bonchev–Trinajstić information content (AvgIpc) is 3.32. The van der Waals surface area contributed by atoms with E-state index >= 15 is 0 Å². The van der Waals surface area contributed by atoms with Gasteiger partial charge in [0.15, 0.2) is 0 Å². The molecule has 0 aromatic heterocycles. The molecular weight excluding hydrogens is 530 g/mol. The van der Waals surface area contributed by atoms with Gasteiger partial charge in [-0.3, -0.25) is 9.59 Å². The van der Waals surface area contributed by atoms with Crippen LogP contribution in [0.2, 0.25) is 0 Å². The Balaban J connectivity index is 1.04. The van der Waals surface area contributed by atoms with Crippen LogP contribution in [0.25, 0.3) is 0 Å². The first-order valence-corrected chi connectivity index (χ1v) is 18.4. The molecule has 8 rings (SSSR count). The van der Waals surface area contributed by atoms with Gasteiger partial charge in [0.25, 0.3) is 0 Å². The van der Waals surface area contributed by atoms with E-state index in [0.29, 0.717) is 40.5 Å². The van der Waals surface area contributed by atoms with Crippen molar-refractivity contribution < 1.29 is 14.3 Å². The summed E-state index contributed by atoms with van der Waals surface area (Å²) in [6.45, 7) is 0.883. The molecule has 0 N–H and O–H groups in total. The van der Waals surface area contributed by atoms with Crippen molar-refractivity contribution >= 4 is 11.9 Å². The third kappa shape index (κ3) is 4.65. The number of fused-ring (bicyclic) bond motifs is 5. The summed E-state index contributed by atoms with van der Waals surface area (Å²) in [7, 11) is 1.64. The zero-order valence-electron chi connectivity index (χ0n) is 26.7. The summed E-state index contributed by atoms with van der Waals surface area (Å²) < 4.78 is 5.58. The molecule has 0 radical (unpaired) electrons. The van der Waals surface area contributed by atoms with Crippen LogP contribution in [0.3, 0.4) is 0 Å². The van der Waals surface area contributed by atoms with Gasteiger partial charge in [-0.25, -0.2) is 0 Å². The number of hydrogen-bond acceptors (Lipinski definition) is 3. The van der Waals surface area contributed by atoms with E-state index in [0.717, 1.165) is 50.5 Å². The van der Waals surface area contributed by atoms with Crippen LogP contribution < -0.4 is 0 Å².